The topological polar surface area (TPSA) is 60.1 Å². The lowest BCUT2D eigenvalue weighted by Crippen LogP contribution is -2.51. The Bertz CT molecular complexity index is 958. The van der Waals surface area contributed by atoms with Gasteiger partial charge in [-0.1, -0.05) is 19.9 Å². The molecule has 3 atom stereocenters. The fourth-order valence-electron chi connectivity index (χ4n) is 5.20. The monoisotopic (exact) mass is 396 g/mol. The molecule has 0 radical (unpaired) electrons. The number of carbonyl (C=O) groups excluding carboxylic acids is 1. The van der Waals surface area contributed by atoms with Gasteiger partial charge in [0.25, 0.3) is 11.5 Å². The molecule has 2 bridgehead atoms. The fraction of sp³-hybridized carbons (Fsp3) is 0.609. The number of likely N-dealkylation sites (tertiary alicyclic amines) is 1. The van der Waals surface area contributed by atoms with E-state index in [0.29, 0.717) is 37.2 Å². The van der Waals surface area contributed by atoms with Gasteiger partial charge in [0.15, 0.2) is 0 Å². The predicted octanol–water partition coefficient (Wildman–Crippen LogP) is 3.61. The molecule has 0 unspecified atom stereocenters. The lowest BCUT2D eigenvalue weighted by molar-refractivity contribution is 0.0502. The Morgan fingerprint density at radius 2 is 2.07 bits per heavy atom. The van der Waals surface area contributed by atoms with Crippen molar-refractivity contribution in [1.82, 2.24) is 19.2 Å². The van der Waals surface area contributed by atoms with Crippen LogP contribution < -0.4 is 5.56 Å². The van der Waals surface area contributed by atoms with Gasteiger partial charge in [0.2, 0.25) is 0 Å². The minimum Gasteiger partial charge on any atom is -0.336 e. The van der Waals surface area contributed by atoms with Gasteiger partial charge in [-0.15, -0.1) is 0 Å². The second kappa shape index (κ2) is 7.81. The minimum atomic E-state index is 0.0662. The van der Waals surface area contributed by atoms with Crippen molar-refractivity contribution >= 4 is 5.91 Å². The predicted molar refractivity (Wildman–Crippen MR) is 113 cm³/mol. The first kappa shape index (κ1) is 19.9. The van der Waals surface area contributed by atoms with E-state index in [0.717, 1.165) is 30.7 Å². The molecule has 1 fully saturated rings. The largest absolute Gasteiger partial charge is 0.336 e. The Hall–Kier alpha value is -2.37. The molecule has 2 aliphatic heterocycles. The van der Waals surface area contributed by atoms with Crippen LogP contribution >= 0.6 is 0 Å². The zero-order valence-electron chi connectivity index (χ0n) is 18.0. The molecule has 29 heavy (non-hydrogen) atoms. The molecule has 156 valence electrons. The number of hydrogen-bond acceptors (Lipinski definition) is 3. The summed E-state index contributed by atoms with van der Waals surface area (Å²) in [7, 11) is 0. The zero-order chi connectivity index (χ0) is 20.7. The molecule has 1 saturated heterocycles. The van der Waals surface area contributed by atoms with Crippen molar-refractivity contribution in [2.45, 2.75) is 65.5 Å². The van der Waals surface area contributed by atoms with E-state index < -0.39 is 0 Å². The molecule has 4 heterocycles. The number of aryl methyl sites for hydroxylation is 2. The van der Waals surface area contributed by atoms with E-state index in [1.807, 2.05) is 35.4 Å². The number of aromatic nitrogens is 3. The first-order valence-corrected chi connectivity index (χ1v) is 10.9. The zero-order valence-corrected chi connectivity index (χ0v) is 18.0. The van der Waals surface area contributed by atoms with Crippen LogP contribution in [0.15, 0.2) is 29.1 Å². The first-order chi connectivity index (χ1) is 13.9. The molecule has 1 amide bonds. The molecule has 0 aromatic carbocycles. The van der Waals surface area contributed by atoms with Crippen molar-refractivity contribution < 1.29 is 4.79 Å². The number of amides is 1. The highest BCUT2D eigenvalue weighted by molar-refractivity contribution is 5.93. The number of pyridine rings is 1. The van der Waals surface area contributed by atoms with Crippen LogP contribution in [0.5, 0.6) is 0 Å². The summed E-state index contributed by atoms with van der Waals surface area (Å²) in [6, 6.07) is 7.69. The first-order valence-electron chi connectivity index (χ1n) is 10.9. The van der Waals surface area contributed by atoms with Gasteiger partial charge in [-0.3, -0.25) is 14.3 Å². The average Bonchev–Trinajstić information content (AvgIpc) is 3.08. The van der Waals surface area contributed by atoms with E-state index in [1.54, 1.807) is 10.7 Å². The number of carbonyl (C=O) groups is 1. The minimum absolute atomic E-state index is 0.0662. The summed E-state index contributed by atoms with van der Waals surface area (Å²) in [5, 5.41) is 4.45. The molecular weight excluding hydrogens is 364 g/mol. The second-order valence-corrected chi connectivity index (χ2v) is 9.09. The van der Waals surface area contributed by atoms with Crippen LogP contribution in [0.25, 0.3) is 0 Å². The number of fused-ring (bicyclic) bond motifs is 4. The Balaban J connectivity index is 1.67. The SMILES string of the molecule is CCn1nc(C)cc1C(=O)N1C[C@H]2C[C@@H](C1)[C@H](CCC(C)C)n1c2cccc1=O. The molecule has 2 aliphatic rings. The number of nitrogens with zero attached hydrogens (tertiary/aromatic N) is 4. The second-order valence-electron chi connectivity index (χ2n) is 9.09. The third-order valence-corrected chi connectivity index (χ3v) is 6.55. The van der Waals surface area contributed by atoms with E-state index in [2.05, 4.69) is 25.0 Å². The van der Waals surface area contributed by atoms with Crippen molar-refractivity contribution in [3.8, 4) is 0 Å². The van der Waals surface area contributed by atoms with E-state index in [9.17, 15) is 9.59 Å². The van der Waals surface area contributed by atoms with Gasteiger partial charge >= 0.3 is 0 Å². The van der Waals surface area contributed by atoms with Crippen LogP contribution in [0.4, 0.5) is 0 Å². The van der Waals surface area contributed by atoms with E-state index in [-0.39, 0.29) is 23.4 Å². The molecule has 6 nitrogen and oxygen atoms in total. The van der Waals surface area contributed by atoms with Crippen molar-refractivity contribution in [3.05, 3.63) is 51.7 Å². The summed E-state index contributed by atoms with van der Waals surface area (Å²) < 4.78 is 3.85. The lowest BCUT2D eigenvalue weighted by atomic mass is 9.76. The standard InChI is InChI=1S/C23H32N4O2/c1-5-26-21(11-16(4)24-26)23(29)25-13-17-12-18(14-25)20(10-9-15(2)3)27-19(17)7-6-8-22(27)28/h6-8,11,15,17-18,20H,5,9-10,12-14H2,1-4H3/t17-,18+,20+/m1/s1. The summed E-state index contributed by atoms with van der Waals surface area (Å²) in [5.74, 6) is 1.21. The molecule has 4 rings (SSSR count). The Kier molecular flexibility index (Phi) is 5.36. The fourth-order valence-corrected chi connectivity index (χ4v) is 5.20. The summed E-state index contributed by atoms with van der Waals surface area (Å²) in [5.41, 5.74) is 2.75. The highest BCUT2D eigenvalue weighted by atomic mass is 16.2. The maximum Gasteiger partial charge on any atom is 0.272 e. The molecule has 0 spiro atoms. The van der Waals surface area contributed by atoms with E-state index in [1.165, 1.54) is 0 Å². The van der Waals surface area contributed by atoms with Crippen molar-refractivity contribution in [3.63, 3.8) is 0 Å². The Morgan fingerprint density at radius 1 is 1.28 bits per heavy atom. The molecule has 2 aromatic rings. The molecule has 0 saturated carbocycles. The third kappa shape index (κ3) is 3.65. The van der Waals surface area contributed by atoms with Gasteiger partial charge in [-0.25, -0.2) is 0 Å². The molecular formula is C23H32N4O2. The van der Waals surface area contributed by atoms with Gasteiger partial charge < -0.3 is 9.47 Å². The average molecular weight is 397 g/mol. The van der Waals surface area contributed by atoms with E-state index >= 15 is 0 Å². The van der Waals surface area contributed by atoms with Gasteiger partial charge in [0.05, 0.1) is 5.69 Å². The van der Waals surface area contributed by atoms with Gasteiger partial charge in [-0.05, 0) is 57.1 Å². The van der Waals surface area contributed by atoms with E-state index in [4.69, 9.17) is 0 Å². The highest BCUT2D eigenvalue weighted by Crippen LogP contribution is 2.43. The maximum atomic E-state index is 13.4. The molecule has 6 heteroatoms. The molecule has 2 aromatic heterocycles. The van der Waals surface area contributed by atoms with Crippen LogP contribution in [-0.4, -0.2) is 38.2 Å². The normalized spacial score (nSPS) is 23.3. The highest BCUT2D eigenvalue weighted by Gasteiger charge is 2.42. The van der Waals surface area contributed by atoms with Crippen LogP contribution in [-0.2, 0) is 6.54 Å². The maximum absolute atomic E-state index is 13.4. The smallest absolute Gasteiger partial charge is 0.272 e. The summed E-state index contributed by atoms with van der Waals surface area (Å²) in [6.45, 7) is 10.5. The van der Waals surface area contributed by atoms with Crippen LogP contribution in [0.1, 0.15) is 73.9 Å². The Labute approximate surface area is 172 Å². The van der Waals surface area contributed by atoms with Gasteiger partial charge in [0, 0.05) is 43.4 Å². The molecule has 0 N–H and O–H groups in total. The van der Waals surface area contributed by atoms with Crippen molar-refractivity contribution in [1.29, 1.82) is 0 Å². The number of rotatable bonds is 5. The summed E-state index contributed by atoms with van der Waals surface area (Å²) in [6.07, 6.45) is 3.13. The number of hydrogen-bond donors (Lipinski definition) is 0. The quantitative estimate of drug-likeness (QED) is 0.776. The van der Waals surface area contributed by atoms with Crippen LogP contribution in [0.3, 0.4) is 0 Å². The Morgan fingerprint density at radius 3 is 2.79 bits per heavy atom. The lowest BCUT2D eigenvalue weighted by Gasteiger charge is -2.47. The summed E-state index contributed by atoms with van der Waals surface area (Å²) >= 11 is 0. The van der Waals surface area contributed by atoms with Crippen molar-refractivity contribution in [2.75, 3.05) is 13.1 Å². The van der Waals surface area contributed by atoms with Crippen LogP contribution in [0.2, 0.25) is 0 Å². The van der Waals surface area contributed by atoms with Crippen LogP contribution in [0, 0.1) is 18.8 Å². The van der Waals surface area contributed by atoms with Gasteiger partial charge in [-0.2, -0.15) is 5.10 Å². The molecule has 0 aliphatic carbocycles. The van der Waals surface area contributed by atoms with Gasteiger partial charge in [0.1, 0.15) is 5.69 Å². The van der Waals surface area contributed by atoms with Crippen molar-refractivity contribution in [2.24, 2.45) is 11.8 Å². The third-order valence-electron chi connectivity index (χ3n) is 6.55. The number of piperidine rings is 1. The summed E-state index contributed by atoms with van der Waals surface area (Å²) in [4.78, 5) is 28.1.